The van der Waals surface area contributed by atoms with E-state index in [1.807, 2.05) is 44.2 Å². The Hall–Kier alpha value is -1.41. The van der Waals surface area contributed by atoms with Crippen LogP contribution in [-0.4, -0.2) is 10.1 Å². The summed E-state index contributed by atoms with van der Waals surface area (Å²) in [5.74, 6) is 0. The molecule has 0 saturated heterocycles. The van der Waals surface area contributed by atoms with Crippen molar-refractivity contribution in [2.24, 2.45) is 0 Å². The van der Waals surface area contributed by atoms with Gasteiger partial charge in [-0.15, -0.1) is 0 Å². The highest BCUT2D eigenvalue weighted by atomic mass is 16.3. The quantitative estimate of drug-likeness (QED) is 0.852. The minimum atomic E-state index is -0.717. The molecule has 0 fully saturated rings. The third-order valence-electron chi connectivity index (χ3n) is 3.31. The zero-order valence-electron chi connectivity index (χ0n) is 9.77. The van der Waals surface area contributed by atoms with E-state index in [1.54, 1.807) is 6.20 Å². The number of nitrogens with zero attached hydrogens (tertiary/aromatic N) is 1. The normalized spacial score (nSPS) is 11.9. The number of fused-ring (bicyclic) bond motifs is 1. The van der Waals surface area contributed by atoms with Crippen LogP contribution in [0.2, 0.25) is 0 Å². The van der Waals surface area contributed by atoms with Crippen LogP contribution < -0.4 is 0 Å². The van der Waals surface area contributed by atoms with Crippen LogP contribution in [0.5, 0.6) is 0 Å². The topological polar surface area (TPSA) is 33.1 Å². The van der Waals surface area contributed by atoms with Gasteiger partial charge in [-0.05, 0) is 30.5 Å². The maximum Gasteiger partial charge on any atom is 0.0892 e. The summed E-state index contributed by atoms with van der Waals surface area (Å²) in [7, 11) is 0. The smallest absolute Gasteiger partial charge is 0.0892 e. The maximum absolute atomic E-state index is 10.4. The number of hydrogen-bond acceptors (Lipinski definition) is 2. The van der Waals surface area contributed by atoms with Crippen LogP contribution in [0.3, 0.4) is 0 Å². The van der Waals surface area contributed by atoms with E-state index >= 15 is 0 Å². The first-order valence-electron chi connectivity index (χ1n) is 5.77. The molecule has 2 rings (SSSR count). The van der Waals surface area contributed by atoms with Crippen LogP contribution in [0.25, 0.3) is 10.9 Å². The second kappa shape index (κ2) is 4.22. The Labute approximate surface area is 96.0 Å². The molecule has 0 saturated carbocycles. The lowest BCUT2D eigenvalue weighted by Crippen LogP contribution is -2.23. The Morgan fingerprint density at radius 1 is 1.19 bits per heavy atom. The molecule has 1 heterocycles. The molecule has 0 bridgehead atoms. The number of aromatic nitrogens is 1. The summed E-state index contributed by atoms with van der Waals surface area (Å²) < 4.78 is 0. The Balaban J connectivity index is 2.54. The van der Waals surface area contributed by atoms with Gasteiger partial charge in [0, 0.05) is 11.6 Å². The van der Waals surface area contributed by atoms with E-state index < -0.39 is 5.60 Å². The van der Waals surface area contributed by atoms with E-state index in [2.05, 4.69) is 4.98 Å². The predicted octanol–water partition coefficient (Wildman–Crippen LogP) is 3.24. The van der Waals surface area contributed by atoms with Crippen LogP contribution in [0, 0.1) is 0 Å². The average molecular weight is 215 g/mol. The van der Waals surface area contributed by atoms with Crippen molar-refractivity contribution in [3.8, 4) is 0 Å². The molecule has 2 heteroatoms. The maximum atomic E-state index is 10.4. The lowest BCUT2D eigenvalue weighted by Gasteiger charge is -2.25. The van der Waals surface area contributed by atoms with E-state index in [9.17, 15) is 5.11 Å². The van der Waals surface area contributed by atoms with Gasteiger partial charge in [0.2, 0.25) is 0 Å². The van der Waals surface area contributed by atoms with E-state index in [-0.39, 0.29) is 0 Å². The van der Waals surface area contributed by atoms with Crippen molar-refractivity contribution in [1.29, 1.82) is 0 Å². The van der Waals surface area contributed by atoms with Gasteiger partial charge < -0.3 is 5.11 Å². The summed E-state index contributed by atoms with van der Waals surface area (Å²) in [5.41, 5.74) is 1.19. The molecular formula is C14H17NO. The van der Waals surface area contributed by atoms with Gasteiger partial charge in [0.05, 0.1) is 11.1 Å². The van der Waals surface area contributed by atoms with E-state index in [0.29, 0.717) is 0 Å². The summed E-state index contributed by atoms with van der Waals surface area (Å²) in [5, 5.41) is 11.5. The number of aliphatic hydroxyl groups is 1. The number of hydrogen-bond donors (Lipinski definition) is 1. The molecular weight excluding hydrogens is 198 g/mol. The van der Waals surface area contributed by atoms with Crippen LogP contribution in [-0.2, 0) is 5.60 Å². The van der Waals surface area contributed by atoms with Gasteiger partial charge in [-0.2, -0.15) is 0 Å². The molecule has 0 amide bonds. The fourth-order valence-electron chi connectivity index (χ4n) is 2.01. The first kappa shape index (κ1) is 11.1. The first-order chi connectivity index (χ1) is 7.69. The second-order valence-corrected chi connectivity index (χ2v) is 4.15. The lowest BCUT2D eigenvalue weighted by atomic mass is 9.88. The minimum absolute atomic E-state index is 0.717. The standard InChI is InChI=1S/C14H17NO/c1-3-14(16,4-2)12-8-7-11-6-5-9-15-13(11)10-12/h5-10,16H,3-4H2,1-2H3. The summed E-state index contributed by atoms with van der Waals surface area (Å²) >= 11 is 0. The van der Waals surface area contributed by atoms with Gasteiger partial charge >= 0.3 is 0 Å². The van der Waals surface area contributed by atoms with Crippen molar-refractivity contribution < 1.29 is 5.11 Å². The fourth-order valence-corrected chi connectivity index (χ4v) is 2.01. The Bertz CT molecular complexity index is 489. The van der Waals surface area contributed by atoms with Crippen LogP contribution in [0.15, 0.2) is 36.5 Å². The molecule has 1 N–H and O–H groups in total. The van der Waals surface area contributed by atoms with Crippen molar-refractivity contribution in [2.45, 2.75) is 32.3 Å². The summed E-state index contributed by atoms with van der Waals surface area (Å²) in [4.78, 5) is 4.31. The summed E-state index contributed by atoms with van der Waals surface area (Å²) in [6.07, 6.45) is 3.23. The minimum Gasteiger partial charge on any atom is -0.385 e. The van der Waals surface area contributed by atoms with Gasteiger partial charge in [0.25, 0.3) is 0 Å². The van der Waals surface area contributed by atoms with E-state index in [1.165, 1.54) is 0 Å². The summed E-state index contributed by atoms with van der Waals surface area (Å²) in [6.45, 7) is 4.01. The Kier molecular flexibility index (Phi) is 2.92. The van der Waals surface area contributed by atoms with Crippen molar-refractivity contribution in [3.05, 3.63) is 42.1 Å². The molecule has 1 aromatic carbocycles. The molecule has 0 radical (unpaired) electrons. The van der Waals surface area contributed by atoms with Gasteiger partial charge in [-0.25, -0.2) is 0 Å². The third kappa shape index (κ3) is 1.81. The average Bonchev–Trinajstić information content (AvgIpc) is 2.37. The van der Waals surface area contributed by atoms with E-state index in [4.69, 9.17) is 0 Å². The predicted molar refractivity (Wildman–Crippen MR) is 66.2 cm³/mol. The first-order valence-corrected chi connectivity index (χ1v) is 5.77. The number of benzene rings is 1. The van der Waals surface area contributed by atoms with Crippen molar-refractivity contribution in [1.82, 2.24) is 4.98 Å². The van der Waals surface area contributed by atoms with Gasteiger partial charge in [0.1, 0.15) is 0 Å². The highest BCUT2D eigenvalue weighted by Crippen LogP contribution is 2.29. The Morgan fingerprint density at radius 2 is 1.94 bits per heavy atom. The number of pyridine rings is 1. The van der Waals surface area contributed by atoms with E-state index in [0.717, 1.165) is 29.3 Å². The zero-order valence-corrected chi connectivity index (χ0v) is 9.77. The van der Waals surface area contributed by atoms with Gasteiger partial charge in [-0.3, -0.25) is 4.98 Å². The van der Waals surface area contributed by atoms with Crippen LogP contribution in [0.4, 0.5) is 0 Å². The summed E-state index contributed by atoms with van der Waals surface area (Å²) in [6, 6.07) is 9.96. The second-order valence-electron chi connectivity index (χ2n) is 4.15. The lowest BCUT2D eigenvalue weighted by molar-refractivity contribution is 0.0285. The molecule has 2 aromatic rings. The largest absolute Gasteiger partial charge is 0.385 e. The van der Waals surface area contributed by atoms with Gasteiger partial charge in [-0.1, -0.05) is 32.0 Å². The van der Waals surface area contributed by atoms with Crippen LogP contribution >= 0.6 is 0 Å². The molecule has 1 aromatic heterocycles. The zero-order chi connectivity index (χ0) is 11.6. The molecule has 0 aliphatic rings. The molecule has 2 nitrogen and oxygen atoms in total. The molecule has 0 aliphatic carbocycles. The molecule has 0 unspecified atom stereocenters. The SMILES string of the molecule is CCC(O)(CC)c1ccc2cccnc2c1. The van der Waals surface area contributed by atoms with Gasteiger partial charge in [0.15, 0.2) is 0 Å². The highest BCUT2D eigenvalue weighted by Gasteiger charge is 2.24. The molecule has 84 valence electrons. The number of rotatable bonds is 3. The molecule has 16 heavy (non-hydrogen) atoms. The molecule has 0 spiro atoms. The molecule has 0 atom stereocenters. The Morgan fingerprint density at radius 3 is 2.62 bits per heavy atom. The third-order valence-corrected chi connectivity index (χ3v) is 3.31. The van der Waals surface area contributed by atoms with Crippen molar-refractivity contribution >= 4 is 10.9 Å². The molecule has 0 aliphatic heterocycles. The monoisotopic (exact) mass is 215 g/mol. The fraction of sp³-hybridized carbons (Fsp3) is 0.357. The van der Waals surface area contributed by atoms with Crippen molar-refractivity contribution in [3.63, 3.8) is 0 Å². The highest BCUT2D eigenvalue weighted by molar-refractivity contribution is 5.79. The van der Waals surface area contributed by atoms with Crippen molar-refractivity contribution in [2.75, 3.05) is 0 Å². The van der Waals surface area contributed by atoms with Crippen LogP contribution in [0.1, 0.15) is 32.3 Å².